The lowest BCUT2D eigenvalue weighted by atomic mass is 9.84. The zero-order valence-electron chi connectivity index (χ0n) is 18.4. The maximum Gasteiger partial charge on any atom is 0.225 e. The second-order valence-electron chi connectivity index (χ2n) is 9.04. The van der Waals surface area contributed by atoms with Crippen molar-refractivity contribution < 1.29 is 9.18 Å². The largest absolute Gasteiger partial charge is 0.356 e. The molecule has 1 atom stereocenters. The minimum absolute atomic E-state index is 0. The summed E-state index contributed by atoms with van der Waals surface area (Å²) in [6.45, 7) is 6.14. The van der Waals surface area contributed by atoms with E-state index in [2.05, 4.69) is 15.6 Å². The highest BCUT2D eigenvalue weighted by atomic mass is 127. The van der Waals surface area contributed by atoms with Gasteiger partial charge < -0.3 is 15.5 Å². The van der Waals surface area contributed by atoms with Crippen molar-refractivity contribution in [1.82, 2.24) is 15.5 Å². The van der Waals surface area contributed by atoms with Crippen molar-refractivity contribution in [3.05, 3.63) is 35.6 Å². The summed E-state index contributed by atoms with van der Waals surface area (Å²) >= 11 is 0. The van der Waals surface area contributed by atoms with Crippen LogP contribution in [0.1, 0.15) is 57.9 Å². The number of hydrogen-bond acceptors (Lipinski definition) is 2. The van der Waals surface area contributed by atoms with Gasteiger partial charge in [0.2, 0.25) is 5.91 Å². The fourth-order valence-electron chi connectivity index (χ4n) is 4.48. The van der Waals surface area contributed by atoms with Gasteiger partial charge in [0.1, 0.15) is 5.82 Å². The number of nitrogens with zero attached hydrogens (tertiary/aromatic N) is 2. The van der Waals surface area contributed by atoms with Crippen LogP contribution in [0.15, 0.2) is 29.3 Å². The molecule has 1 amide bonds. The van der Waals surface area contributed by atoms with Gasteiger partial charge in [-0.1, -0.05) is 51.3 Å². The quantitative estimate of drug-likeness (QED) is 0.343. The first-order valence-corrected chi connectivity index (χ1v) is 10.9. The van der Waals surface area contributed by atoms with Crippen LogP contribution < -0.4 is 10.6 Å². The van der Waals surface area contributed by atoms with Gasteiger partial charge in [-0.3, -0.25) is 9.79 Å². The predicted molar refractivity (Wildman–Crippen MR) is 131 cm³/mol. The topological polar surface area (TPSA) is 56.7 Å². The van der Waals surface area contributed by atoms with Crippen LogP contribution in [-0.4, -0.2) is 49.5 Å². The van der Waals surface area contributed by atoms with E-state index < -0.39 is 0 Å². The first kappa shape index (κ1) is 24.9. The molecule has 0 radical (unpaired) electrons. The maximum absolute atomic E-state index is 14.2. The molecule has 1 aliphatic heterocycles. The molecule has 1 saturated heterocycles. The van der Waals surface area contributed by atoms with E-state index in [9.17, 15) is 9.18 Å². The summed E-state index contributed by atoms with van der Waals surface area (Å²) < 4.78 is 14.2. The van der Waals surface area contributed by atoms with Gasteiger partial charge >= 0.3 is 0 Å². The van der Waals surface area contributed by atoms with Gasteiger partial charge in [-0.2, -0.15) is 0 Å². The standard InChI is InChI=1S/C23H35FN4O.HI/c1-23(2,19-11-7-8-12-20(19)24)16-26-22(25-3)27-18-13-14-28(15-18)21(29)17-9-5-4-6-10-17;/h7-8,11-12,17-18H,4-6,9-10,13-16H2,1-3H3,(H2,25,26,27);1H. The minimum Gasteiger partial charge on any atom is -0.356 e. The van der Waals surface area contributed by atoms with Gasteiger partial charge in [0.15, 0.2) is 5.96 Å². The highest BCUT2D eigenvalue weighted by Gasteiger charge is 2.32. The summed E-state index contributed by atoms with van der Waals surface area (Å²) in [5.74, 6) is 1.07. The van der Waals surface area contributed by atoms with E-state index in [4.69, 9.17) is 0 Å². The van der Waals surface area contributed by atoms with Crippen molar-refractivity contribution in [2.24, 2.45) is 10.9 Å². The minimum atomic E-state index is -0.373. The van der Waals surface area contributed by atoms with Crippen molar-refractivity contribution in [2.75, 3.05) is 26.7 Å². The fraction of sp³-hybridized carbons (Fsp3) is 0.652. The SMILES string of the molecule is CN=C(NCC(C)(C)c1ccccc1F)NC1CCN(C(=O)C2CCCCC2)C1.I. The smallest absolute Gasteiger partial charge is 0.225 e. The van der Waals surface area contributed by atoms with Crippen LogP contribution in [0.5, 0.6) is 0 Å². The molecular weight excluding hydrogens is 494 g/mol. The summed E-state index contributed by atoms with van der Waals surface area (Å²) in [7, 11) is 1.74. The summed E-state index contributed by atoms with van der Waals surface area (Å²) in [4.78, 5) is 19.1. The molecule has 30 heavy (non-hydrogen) atoms. The molecule has 0 bridgehead atoms. The second-order valence-corrected chi connectivity index (χ2v) is 9.04. The molecule has 7 heteroatoms. The average molecular weight is 530 g/mol. The first-order valence-electron chi connectivity index (χ1n) is 10.9. The Morgan fingerprint density at radius 1 is 1.20 bits per heavy atom. The van der Waals surface area contributed by atoms with Gasteiger partial charge in [-0.25, -0.2) is 4.39 Å². The highest BCUT2D eigenvalue weighted by molar-refractivity contribution is 14.0. The van der Waals surface area contributed by atoms with E-state index in [1.54, 1.807) is 13.1 Å². The molecule has 1 aliphatic carbocycles. The van der Waals surface area contributed by atoms with Crippen molar-refractivity contribution in [3.8, 4) is 0 Å². The Balaban J connectivity index is 0.00000320. The van der Waals surface area contributed by atoms with Crippen LogP contribution in [0.25, 0.3) is 0 Å². The molecule has 1 aromatic rings. The van der Waals surface area contributed by atoms with E-state index in [1.807, 2.05) is 30.9 Å². The number of nitrogens with one attached hydrogen (secondary N) is 2. The van der Waals surface area contributed by atoms with Crippen molar-refractivity contribution >= 4 is 35.8 Å². The summed E-state index contributed by atoms with van der Waals surface area (Å²) in [5.41, 5.74) is 0.315. The van der Waals surface area contributed by atoms with E-state index in [0.29, 0.717) is 24.0 Å². The first-order chi connectivity index (χ1) is 13.9. The maximum atomic E-state index is 14.2. The summed E-state index contributed by atoms with van der Waals surface area (Å²) in [6, 6.07) is 7.11. The molecule has 168 valence electrons. The Morgan fingerprint density at radius 2 is 1.90 bits per heavy atom. The van der Waals surface area contributed by atoms with Gasteiger partial charge in [-0.05, 0) is 30.9 Å². The molecule has 1 unspecified atom stereocenters. The lowest BCUT2D eigenvalue weighted by Gasteiger charge is -2.28. The molecule has 1 saturated carbocycles. The number of carbonyl (C=O) groups excluding carboxylic acids is 1. The fourth-order valence-corrected chi connectivity index (χ4v) is 4.48. The van der Waals surface area contributed by atoms with Crippen LogP contribution in [0.2, 0.25) is 0 Å². The van der Waals surface area contributed by atoms with Crippen molar-refractivity contribution in [2.45, 2.75) is 63.8 Å². The molecule has 2 N–H and O–H groups in total. The van der Waals surface area contributed by atoms with Crippen LogP contribution in [-0.2, 0) is 10.2 Å². The number of guanidine groups is 1. The number of amides is 1. The van der Waals surface area contributed by atoms with E-state index in [-0.39, 0.29) is 47.2 Å². The Morgan fingerprint density at radius 3 is 2.57 bits per heavy atom. The average Bonchev–Trinajstić information content (AvgIpc) is 3.20. The van der Waals surface area contributed by atoms with E-state index >= 15 is 0 Å². The van der Waals surface area contributed by atoms with Gasteiger partial charge in [-0.15, -0.1) is 24.0 Å². The molecule has 0 spiro atoms. The number of rotatable bonds is 5. The molecule has 1 heterocycles. The zero-order valence-corrected chi connectivity index (χ0v) is 20.7. The van der Waals surface area contributed by atoms with Crippen molar-refractivity contribution in [1.29, 1.82) is 0 Å². The Hall–Kier alpha value is -1.38. The van der Waals surface area contributed by atoms with Crippen LogP contribution in [0, 0.1) is 11.7 Å². The number of carbonyl (C=O) groups is 1. The molecule has 2 fully saturated rings. The lowest BCUT2D eigenvalue weighted by Crippen LogP contribution is -2.48. The van der Waals surface area contributed by atoms with Gasteiger partial charge in [0, 0.05) is 44.1 Å². The van der Waals surface area contributed by atoms with Gasteiger partial charge in [0.25, 0.3) is 0 Å². The summed E-state index contributed by atoms with van der Waals surface area (Å²) in [5, 5.41) is 6.78. The zero-order chi connectivity index (χ0) is 20.9. The summed E-state index contributed by atoms with van der Waals surface area (Å²) in [6.07, 6.45) is 6.64. The third kappa shape index (κ3) is 6.31. The number of likely N-dealkylation sites (tertiary alicyclic amines) is 1. The monoisotopic (exact) mass is 530 g/mol. The number of aliphatic imine (C=N–C) groups is 1. The Bertz CT molecular complexity index is 734. The Labute approximate surface area is 197 Å². The van der Waals surface area contributed by atoms with E-state index in [1.165, 1.54) is 25.3 Å². The van der Waals surface area contributed by atoms with Crippen LogP contribution in [0.4, 0.5) is 4.39 Å². The molecule has 2 aliphatic rings. The number of hydrogen-bond donors (Lipinski definition) is 2. The van der Waals surface area contributed by atoms with Gasteiger partial charge in [0.05, 0.1) is 0 Å². The number of benzene rings is 1. The van der Waals surface area contributed by atoms with Crippen LogP contribution in [0.3, 0.4) is 0 Å². The third-order valence-corrected chi connectivity index (χ3v) is 6.32. The predicted octanol–water partition coefficient (Wildman–Crippen LogP) is 4.07. The van der Waals surface area contributed by atoms with Crippen LogP contribution >= 0.6 is 24.0 Å². The molecular formula is C23H36FIN4O. The van der Waals surface area contributed by atoms with E-state index in [0.717, 1.165) is 32.4 Å². The molecule has 5 nitrogen and oxygen atoms in total. The normalized spacial score (nSPS) is 20.6. The molecule has 1 aromatic carbocycles. The van der Waals surface area contributed by atoms with Crippen molar-refractivity contribution in [3.63, 3.8) is 0 Å². The Kier molecular flexibility index (Phi) is 9.37. The lowest BCUT2D eigenvalue weighted by molar-refractivity contribution is -0.135. The number of halogens is 2. The highest BCUT2D eigenvalue weighted by Crippen LogP contribution is 2.27. The second kappa shape index (κ2) is 11.3. The molecule has 3 rings (SSSR count). The molecule has 0 aromatic heterocycles. The third-order valence-electron chi connectivity index (χ3n) is 6.32.